The van der Waals surface area contributed by atoms with Crippen LogP contribution in [-0.4, -0.2) is 0 Å². The molecule has 0 aliphatic carbocycles. The number of aryl methyl sites for hydroxylation is 1. The maximum Gasteiger partial charge on any atom is -0.0149 e. The highest BCUT2D eigenvalue weighted by atomic mass is 14.0. The first-order valence-electron chi connectivity index (χ1n) is 4.65. The lowest BCUT2D eigenvalue weighted by molar-refractivity contribution is 1.16. The monoisotopic (exact) mass is 169 g/mol. The van der Waals surface area contributed by atoms with Crippen LogP contribution in [-0.2, 0) is 6.42 Å². The smallest absolute Gasteiger partial charge is 0.0149 e. The Kier molecular flexibility index (Phi) is 2.05. The van der Waals surface area contributed by atoms with E-state index in [1.165, 1.54) is 16.3 Å². The van der Waals surface area contributed by atoms with E-state index in [4.69, 9.17) is 0 Å². The van der Waals surface area contributed by atoms with E-state index in [1.807, 2.05) is 0 Å². The van der Waals surface area contributed by atoms with Crippen molar-refractivity contribution in [1.29, 1.82) is 0 Å². The summed E-state index contributed by atoms with van der Waals surface area (Å²) in [6.45, 7) is 6.21. The van der Waals surface area contributed by atoms with Crippen LogP contribution in [0.25, 0.3) is 10.8 Å². The molecule has 0 aliphatic heterocycles. The molecule has 2 aromatic carbocycles. The van der Waals surface area contributed by atoms with Crippen LogP contribution in [0.3, 0.4) is 0 Å². The van der Waals surface area contributed by atoms with Crippen molar-refractivity contribution in [2.45, 2.75) is 13.3 Å². The first-order valence-corrected chi connectivity index (χ1v) is 4.65. The van der Waals surface area contributed by atoms with Gasteiger partial charge in [0.2, 0.25) is 0 Å². The molecule has 13 heavy (non-hydrogen) atoms. The molecule has 0 spiro atoms. The Bertz CT molecular complexity index is 427. The van der Waals surface area contributed by atoms with E-state index < -0.39 is 0 Å². The fraction of sp³-hybridized carbons (Fsp3) is 0.154. The maximum atomic E-state index is 4.02. The summed E-state index contributed by atoms with van der Waals surface area (Å²) < 4.78 is 0. The van der Waals surface area contributed by atoms with Gasteiger partial charge in [-0.25, -0.2) is 0 Å². The predicted octanol–water partition coefficient (Wildman–Crippen LogP) is 3.58. The summed E-state index contributed by atoms with van der Waals surface area (Å²) in [5.74, 6) is 0. The highest BCUT2D eigenvalue weighted by Gasteiger charge is 1.99. The molecule has 0 unspecified atom stereocenters. The maximum absolute atomic E-state index is 4.02. The molecule has 0 heteroatoms. The number of hydrogen-bond donors (Lipinski definition) is 0. The third kappa shape index (κ3) is 1.33. The summed E-state index contributed by atoms with van der Waals surface area (Å²) in [6, 6.07) is 12.7. The molecule has 0 N–H and O–H groups in total. The van der Waals surface area contributed by atoms with Gasteiger partial charge in [-0.1, -0.05) is 43.3 Å². The lowest BCUT2D eigenvalue weighted by Gasteiger charge is -2.05. The van der Waals surface area contributed by atoms with Crippen LogP contribution in [0.2, 0.25) is 0 Å². The Morgan fingerprint density at radius 1 is 1.00 bits per heavy atom. The van der Waals surface area contributed by atoms with Crippen LogP contribution in [0.1, 0.15) is 18.1 Å². The largest absolute Gasteiger partial charge is 0.0613 e. The van der Waals surface area contributed by atoms with Gasteiger partial charge in [0.05, 0.1) is 0 Å². The normalized spacial score (nSPS) is 10.6. The first kappa shape index (κ1) is 8.31. The van der Waals surface area contributed by atoms with Gasteiger partial charge in [-0.3, -0.25) is 0 Å². The van der Waals surface area contributed by atoms with Crippen molar-refractivity contribution in [3.05, 3.63) is 54.4 Å². The first-order chi connectivity index (χ1) is 6.33. The average Bonchev–Trinajstić information content (AvgIpc) is 2.18. The van der Waals surface area contributed by atoms with Crippen molar-refractivity contribution in [3.63, 3.8) is 0 Å². The minimum Gasteiger partial charge on any atom is -0.0613 e. The molecule has 0 fully saturated rings. The Labute approximate surface area is 79.2 Å². The Morgan fingerprint density at radius 2 is 1.69 bits per heavy atom. The van der Waals surface area contributed by atoms with Gasteiger partial charge in [0.1, 0.15) is 0 Å². The summed E-state index contributed by atoms with van der Waals surface area (Å²) in [4.78, 5) is 0. The van der Waals surface area contributed by atoms with Crippen LogP contribution >= 0.6 is 0 Å². The van der Waals surface area contributed by atoms with E-state index in [0.717, 1.165) is 12.0 Å². The van der Waals surface area contributed by atoms with Crippen LogP contribution in [0.4, 0.5) is 0 Å². The molecule has 0 bridgehead atoms. The van der Waals surface area contributed by atoms with Gasteiger partial charge in [-0.2, -0.15) is 0 Å². The van der Waals surface area contributed by atoms with Crippen molar-refractivity contribution < 1.29 is 0 Å². The van der Waals surface area contributed by atoms with Crippen LogP contribution < -0.4 is 0 Å². The van der Waals surface area contributed by atoms with Crippen molar-refractivity contribution >= 4 is 10.8 Å². The van der Waals surface area contributed by atoms with E-state index in [2.05, 4.69) is 50.2 Å². The fourth-order valence-electron chi connectivity index (χ4n) is 1.75. The molecule has 0 amide bonds. The van der Waals surface area contributed by atoms with Crippen molar-refractivity contribution in [3.8, 4) is 0 Å². The van der Waals surface area contributed by atoms with Gasteiger partial charge in [0.15, 0.2) is 0 Å². The van der Waals surface area contributed by atoms with E-state index in [-0.39, 0.29) is 0 Å². The van der Waals surface area contributed by atoms with Gasteiger partial charge in [-0.05, 0) is 35.2 Å². The summed E-state index contributed by atoms with van der Waals surface area (Å²) in [6.07, 6.45) is 1.08. The van der Waals surface area contributed by atoms with Crippen molar-refractivity contribution in [2.24, 2.45) is 0 Å². The lowest BCUT2D eigenvalue weighted by Crippen LogP contribution is -1.84. The SMILES string of the molecule is [CH2]c1cccc2c(CC)cccc12. The van der Waals surface area contributed by atoms with Gasteiger partial charge < -0.3 is 0 Å². The van der Waals surface area contributed by atoms with E-state index >= 15 is 0 Å². The third-order valence-corrected chi connectivity index (χ3v) is 2.48. The molecule has 0 heterocycles. The summed E-state index contributed by atoms with van der Waals surface area (Å²) in [5.41, 5.74) is 2.52. The zero-order valence-corrected chi connectivity index (χ0v) is 7.88. The summed E-state index contributed by atoms with van der Waals surface area (Å²) >= 11 is 0. The third-order valence-electron chi connectivity index (χ3n) is 2.48. The van der Waals surface area contributed by atoms with Crippen LogP contribution in [0.15, 0.2) is 36.4 Å². The Hall–Kier alpha value is -1.30. The van der Waals surface area contributed by atoms with Crippen molar-refractivity contribution in [2.75, 3.05) is 0 Å². The van der Waals surface area contributed by atoms with Gasteiger partial charge >= 0.3 is 0 Å². The molecule has 2 rings (SSSR count). The van der Waals surface area contributed by atoms with Gasteiger partial charge in [0, 0.05) is 0 Å². The average molecular weight is 169 g/mol. The second-order valence-electron chi connectivity index (χ2n) is 3.28. The fourth-order valence-corrected chi connectivity index (χ4v) is 1.75. The molecule has 0 nitrogen and oxygen atoms in total. The van der Waals surface area contributed by atoms with Crippen LogP contribution in [0.5, 0.6) is 0 Å². The highest BCUT2D eigenvalue weighted by Crippen LogP contribution is 2.21. The molecule has 0 aliphatic rings. The quantitative estimate of drug-likeness (QED) is 0.612. The minimum absolute atomic E-state index is 1.08. The van der Waals surface area contributed by atoms with Crippen molar-refractivity contribution in [1.82, 2.24) is 0 Å². The minimum atomic E-state index is 1.08. The van der Waals surface area contributed by atoms with Gasteiger partial charge in [0.25, 0.3) is 0 Å². The summed E-state index contributed by atoms with van der Waals surface area (Å²) in [5, 5.41) is 2.62. The highest BCUT2D eigenvalue weighted by molar-refractivity contribution is 5.89. The molecule has 0 saturated carbocycles. The van der Waals surface area contributed by atoms with E-state index in [0.29, 0.717) is 0 Å². The zero-order chi connectivity index (χ0) is 9.26. The molecule has 0 saturated heterocycles. The lowest BCUT2D eigenvalue weighted by atomic mass is 10.00. The van der Waals surface area contributed by atoms with E-state index in [1.54, 1.807) is 0 Å². The molecule has 65 valence electrons. The van der Waals surface area contributed by atoms with Gasteiger partial charge in [-0.15, -0.1) is 0 Å². The van der Waals surface area contributed by atoms with E-state index in [9.17, 15) is 0 Å². The molecule has 2 aromatic rings. The number of benzene rings is 2. The molecule has 0 atom stereocenters. The molecular formula is C13H13. The zero-order valence-electron chi connectivity index (χ0n) is 7.88. The predicted molar refractivity (Wildman–Crippen MR) is 57.8 cm³/mol. The van der Waals surface area contributed by atoms with Crippen LogP contribution in [0, 0.1) is 6.92 Å². The molecule has 1 radical (unpaired) electrons. The number of rotatable bonds is 1. The Morgan fingerprint density at radius 3 is 2.46 bits per heavy atom. The second-order valence-corrected chi connectivity index (χ2v) is 3.28. The molecular weight excluding hydrogens is 156 g/mol. The number of hydrogen-bond acceptors (Lipinski definition) is 0. The topological polar surface area (TPSA) is 0 Å². The number of fused-ring (bicyclic) bond motifs is 1. The summed E-state index contributed by atoms with van der Waals surface area (Å²) in [7, 11) is 0. The second kappa shape index (κ2) is 3.21. The molecule has 0 aromatic heterocycles. The standard InChI is InChI=1S/C13H13/c1-3-11-7-5-8-12-10(2)6-4-9-13(11)12/h4-9H,2-3H2,1H3. The Balaban J connectivity index is 2.84.